The van der Waals surface area contributed by atoms with Gasteiger partial charge in [0.25, 0.3) is 5.91 Å². The molecule has 160 valence electrons. The monoisotopic (exact) mass is 417 g/mol. The van der Waals surface area contributed by atoms with Gasteiger partial charge in [-0.05, 0) is 56.5 Å². The Bertz CT molecular complexity index is 1110. The molecule has 0 atom stereocenters. The number of anilines is 1. The fourth-order valence-corrected chi connectivity index (χ4v) is 3.43. The number of hydrogen-bond acceptors (Lipinski definition) is 4. The van der Waals surface area contributed by atoms with Gasteiger partial charge in [-0.25, -0.2) is 9.48 Å². The number of rotatable bonds is 7. The SMILES string of the molecule is CCc1cccc(C)c1NC(=O)COC(=O)/C=C/c1c(C)nn(-c2ccccc2)c1C. The fraction of sp³-hybridized carbons (Fsp3) is 0.240. The van der Waals surface area contributed by atoms with E-state index < -0.39 is 5.97 Å². The van der Waals surface area contributed by atoms with Crippen LogP contribution in [0.4, 0.5) is 5.69 Å². The van der Waals surface area contributed by atoms with Crippen LogP contribution >= 0.6 is 0 Å². The molecule has 3 rings (SSSR count). The van der Waals surface area contributed by atoms with E-state index in [1.54, 1.807) is 6.08 Å². The Balaban J connectivity index is 1.62. The van der Waals surface area contributed by atoms with Gasteiger partial charge in [-0.2, -0.15) is 5.10 Å². The minimum absolute atomic E-state index is 0.345. The number of benzene rings is 2. The zero-order chi connectivity index (χ0) is 22.4. The van der Waals surface area contributed by atoms with Crippen molar-refractivity contribution in [2.24, 2.45) is 0 Å². The molecule has 0 fully saturated rings. The number of ether oxygens (including phenoxy) is 1. The lowest BCUT2D eigenvalue weighted by Gasteiger charge is -2.12. The van der Waals surface area contributed by atoms with Gasteiger partial charge in [0.2, 0.25) is 0 Å². The third-order valence-corrected chi connectivity index (χ3v) is 5.08. The molecule has 6 nitrogen and oxygen atoms in total. The summed E-state index contributed by atoms with van der Waals surface area (Å²) in [4.78, 5) is 24.4. The minimum atomic E-state index is -0.582. The normalized spacial score (nSPS) is 11.0. The summed E-state index contributed by atoms with van der Waals surface area (Å²) >= 11 is 0. The molecule has 0 spiro atoms. The topological polar surface area (TPSA) is 73.2 Å². The minimum Gasteiger partial charge on any atom is -0.452 e. The Morgan fingerprint density at radius 1 is 1.06 bits per heavy atom. The summed E-state index contributed by atoms with van der Waals surface area (Å²) in [5, 5.41) is 7.40. The van der Waals surface area contributed by atoms with E-state index in [0.717, 1.165) is 45.9 Å². The van der Waals surface area contributed by atoms with E-state index in [-0.39, 0.29) is 12.5 Å². The highest BCUT2D eigenvalue weighted by Crippen LogP contribution is 2.21. The summed E-state index contributed by atoms with van der Waals surface area (Å²) in [7, 11) is 0. The van der Waals surface area contributed by atoms with Gasteiger partial charge < -0.3 is 10.1 Å². The van der Waals surface area contributed by atoms with Crippen molar-refractivity contribution in [2.75, 3.05) is 11.9 Å². The highest BCUT2D eigenvalue weighted by atomic mass is 16.5. The zero-order valence-electron chi connectivity index (χ0n) is 18.3. The van der Waals surface area contributed by atoms with E-state index in [4.69, 9.17) is 4.74 Å². The zero-order valence-corrected chi connectivity index (χ0v) is 18.3. The van der Waals surface area contributed by atoms with Crippen LogP contribution in [0.15, 0.2) is 54.6 Å². The molecule has 1 aromatic heterocycles. The van der Waals surface area contributed by atoms with Crippen molar-refractivity contribution in [2.45, 2.75) is 34.1 Å². The molecule has 1 N–H and O–H groups in total. The standard InChI is InChI=1S/C25H27N3O3/c1-5-20-11-9-10-17(2)25(20)26-23(29)16-31-24(30)15-14-22-18(3)27-28(19(22)4)21-12-7-6-8-13-21/h6-15H,5,16H2,1-4H3,(H,26,29)/b15-14+. The summed E-state index contributed by atoms with van der Waals surface area (Å²) < 4.78 is 6.95. The first-order chi connectivity index (χ1) is 14.9. The van der Waals surface area contributed by atoms with E-state index >= 15 is 0 Å². The smallest absolute Gasteiger partial charge is 0.331 e. The molecule has 3 aromatic rings. The molecule has 0 aliphatic carbocycles. The molecular weight excluding hydrogens is 390 g/mol. The van der Waals surface area contributed by atoms with Crippen LogP contribution in [0, 0.1) is 20.8 Å². The van der Waals surface area contributed by atoms with E-state index in [0.29, 0.717) is 0 Å². The van der Waals surface area contributed by atoms with Crippen molar-refractivity contribution >= 4 is 23.6 Å². The Kier molecular flexibility index (Phi) is 7.03. The first-order valence-electron chi connectivity index (χ1n) is 10.3. The number of amides is 1. The van der Waals surface area contributed by atoms with E-state index in [9.17, 15) is 9.59 Å². The second-order valence-electron chi connectivity index (χ2n) is 7.28. The van der Waals surface area contributed by atoms with Gasteiger partial charge in [0.15, 0.2) is 6.61 Å². The highest BCUT2D eigenvalue weighted by Gasteiger charge is 2.12. The lowest BCUT2D eigenvalue weighted by Crippen LogP contribution is -2.21. The average Bonchev–Trinajstić information content (AvgIpc) is 3.06. The van der Waals surface area contributed by atoms with E-state index in [2.05, 4.69) is 10.4 Å². The largest absolute Gasteiger partial charge is 0.452 e. The molecular formula is C25H27N3O3. The Morgan fingerprint density at radius 2 is 1.81 bits per heavy atom. The molecule has 0 unspecified atom stereocenters. The van der Waals surface area contributed by atoms with Gasteiger partial charge in [-0.1, -0.05) is 43.3 Å². The molecule has 0 radical (unpaired) electrons. The summed E-state index contributed by atoms with van der Waals surface area (Å²) in [6, 6.07) is 15.6. The molecule has 6 heteroatoms. The van der Waals surface area contributed by atoms with Crippen LogP contribution in [0.2, 0.25) is 0 Å². The number of esters is 1. The predicted molar refractivity (Wildman–Crippen MR) is 122 cm³/mol. The van der Waals surface area contributed by atoms with Crippen LogP contribution in [0.25, 0.3) is 11.8 Å². The van der Waals surface area contributed by atoms with E-state index in [1.807, 2.05) is 80.9 Å². The maximum atomic E-state index is 12.3. The molecule has 1 amide bonds. The number of carbonyl (C=O) groups excluding carboxylic acids is 2. The lowest BCUT2D eigenvalue weighted by atomic mass is 10.1. The third kappa shape index (κ3) is 5.28. The van der Waals surface area contributed by atoms with Gasteiger partial charge in [-0.15, -0.1) is 0 Å². The maximum absolute atomic E-state index is 12.3. The average molecular weight is 418 g/mol. The van der Waals surface area contributed by atoms with Crippen molar-refractivity contribution in [1.29, 1.82) is 0 Å². The lowest BCUT2D eigenvalue weighted by molar-refractivity contribution is -0.142. The van der Waals surface area contributed by atoms with Crippen LogP contribution in [-0.2, 0) is 20.7 Å². The fourth-order valence-electron chi connectivity index (χ4n) is 3.43. The number of aromatic nitrogens is 2. The number of carbonyl (C=O) groups is 2. The number of aryl methyl sites for hydroxylation is 3. The van der Waals surface area contributed by atoms with Gasteiger partial charge in [0.05, 0.1) is 11.4 Å². The third-order valence-electron chi connectivity index (χ3n) is 5.08. The van der Waals surface area contributed by atoms with Gasteiger partial charge in [0.1, 0.15) is 0 Å². The van der Waals surface area contributed by atoms with Crippen LogP contribution < -0.4 is 5.32 Å². The molecule has 2 aromatic carbocycles. The van der Waals surface area contributed by atoms with Gasteiger partial charge in [0, 0.05) is 23.0 Å². The molecule has 0 saturated heterocycles. The summed E-state index contributed by atoms with van der Waals surface area (Å²) in [6.45, 7) is 7.45. The van der Waals surface area contributed by atoms with Crippen molar-refractivity contribution in [3.05, 3.63) is 82.7 Å². The Labute approximate surface area is 182 Å². The molecule has 0 saturated carbocycles. The van der Waals surface area contributed by atoms with Crippen molar-refractivity contribution in [3.63, 3.8) is 0 Å². The predicted octanol–water partition coefficient (Wildman–Crippen LogP) is 4.56. The summed E-state index contributed by atoms with van der Waals surface area (Å²) in [6.07, 6.45) is 3.80. The molecule has 0 bridgehead atoms. The van der Waals surface area contributed by atoms with Crippen LogP contribution in [0.1, 0.15) is 35.0 Å². The van der Waals surface area contributed by atoms with Gasteiger partial charge in [-0.3, -0.25) is 4.79 Å². The first-order valence-corrected chi connectivity index (χ1v) is 10.3. The molecule has 0 aliphatic rings. The number of para-hydroxylation sites is 2. The van der Waals surface area contributed by atoms with Crippen LogP contribution in [0.5, 0.6) is 0 Å². The van der Waals surface area contributed by atoms with Crippen LogP contribution in [0.3, 0.4) is 0 Å². The Morgan fingerprint density at radius 3 is 2.52 bits per heavy atom. The molecule has 1 heterocycles. The highest BCUT2D eigenvalue weighted by molar-refractivity contribution is 5.95. The Hall–Kier alpha value is -3.67. The molecule has 0 aliphatic heterocycles. The van der Waals surface area contributed by atoms with Crippen molar-refractivity contribution < 1.29 is 14.3 Å². The number of hydrogen-bond donors (Lipinski definition) is 1. The second-order valence-corrected chi connectivity index (χ2v) is 7.28. The van der Waals surface area contributed by atoms with Crippen LogP contribution in [-0.4, -0.2) is 28.3 Å². The van der Waals surface area contributed by atoms with Crippen molar-refractivity contribution in [1.82, 2.24) is 9.78 Å². The summed E-state index contributed by atoms with van der Waals surface area (Å²) in [5.41, 5.74) is 6.30. The number of nitrogens with one attached hydrogen (secondary N) is 1. The maximum Gasteiger partial charge on any atom is 0.331 e. The number of nitrogens with zero attached hydrogens (tertiary/aromatic N) is 2. The van der Waals surface area contributed by atoms with E-state index in [1.165, 1.54) is 6.08 Å². The molecule has 31 heavy (non-hydrogen) atoms. The first kappa shape index (κ1) is 22.0. The second kappa shape index (κ2) is 9.89. The summed E-state index contributed by atoms with van der Waals surface area (Å²) in [5.74, 6) is -0.947. The van der Waals surface area contributed by atoms with Crippen molar-refractivity contribution in [3.8, 4) is 5.69 Å². The van der Waals surface area contributed by atoms with Gasteiger partial charge >= 0.3 is 5.97 Å². The quantitative estimate of drug-likeness (QED) is 0.452.